The van der Waals surface area contributed by atoms with Crippen LogP contribution in [0.2, 0.25) is 0 Å². The Labute approximate surface area is 124 Å². The van der Waals surface area contributed by atoms with Crippen LogP contribution in [-0.2, 0) is 0 Å². The summed E-state index contributed by atoms with van der Waals surface area (Å²) >= 11 is 0. The summed E-state index contributed by atoms with van der Waals surface area (Å²) in [6.45, 7) is 2.99. The fraction of sp³-hybridized carbons (Fsp3) is 0.471. The molecule has 2 N–H and O–H groups in total. The summed E-state index contributed by atoms with van der Waals surface area (Å²) in [5.74, 6) is 0.130. The van der Waals surface area contributed by atoms with Crippen LogP contribution < -0.4 is 0 Å². The normalized spacial score (nSPS) is 18.6. The van der Waals surface area contributed by atoms with E-state index in [4.69, 9.17) is 5.11 Å². The highest BCUT2D eigenvalue weighted by molar-refractivity contribution is 6.08. The van der Waals surface area contributed by atoms with Gasteiger partial charge in [0.05, 0.1) is 5.56 Å². The van der Waals surface area contributed by atoms with Gasteiger partial charge in [0.25, 0.3) is 5.91 Å². The topological polar surface area (TPSA) is 56.3 Å². The van der Waals surface area contributed by atoms with E-state index in [1.165, 1.54) is 0 Å². The van der Waals surface area contributed by atoms with E-state index in [-0.39, 0.29) is 18.6 Å². The van der Waals surface area contributed by atoms with Gasteiger partial charge in [0, 0.05) is 35.8 Å². The first-order valence-electron chi connectivity index (χ1n) is 7.71. The number of hydrogen-bond acceptors (Lipinski definition) is 2. The highest BCUT2D eigenvalue weighted by atomic mass is 16.3. The molecular formula is C17H22N2O2. The van der Waals surface area contributed by atoms with Crippen molar-refractivity contribution in [3.8, 4) is 0 Å². The van der Waals surface area contributed by atoms with Crippen LogP contribution in [0.4, 0.5) is 0 Å². The number of aryl methyl sites for hydroxylation is 1. The molecule has 0 radical (unpaired) electrons. The Bertz CT molecular complexity index is 647. The molecule has 2 aromatic rings. The van der Waals surface area contributed by atoms with E-state index in [2.05, 4.69) is 4.98 Å². The van der Waals surface area contributed by atoms with Crippen molar-refractivity contribution < 1.29 is 9.90 Å². The smallest absolute Gasteiger partial charge is 0.256 e. The highest BCUT2D eigenvalue weighted by Gasteiger charge is 2.31. The van der Waals surface area contributed by atoms with Gasteiger partial charge in [-0.1, -0.05) is 18.2 Å². The second-order valence-corrected chi connectivity index (χ2v) is 5.83. The van der Waals surface area contributed by atoms with Crippen LogP contribution in [0.15, 0.2) is 24.3 Å². The molecule has 4 heteroatoms. The third-order valence-corrected chi connectivity index (χ3v) is 4.44. The molecule has 0 bridgehead atoms. The highest BCUT2D eigenvalue weighted by Crippen LogP contribution is 2.28. The fourth-order valence-electron chi connectivity index (χ4n) is 3.43. The van der Waals surface area contributed by atoms with E-state index < -0.39 is 0 Å². The molecule has 1 atom stereocenters. The van der Waals surface area contributed by atoms with E-state index in [1.54, 1.807) is 0 Å². The van der Waals surface area contributed by atoms with E-state index in [1.807, 2.05) is 36.1 Å². The van der Waals surface area contributed by atoms with Crippen molar-refractivity contribution in [1.82, 2.24) is 9.88 Å². The number of H-pyrrole nitrogens is 1. The van der Waals surface area contributed by atoms with E-state index in [9.17, 15) is 4.79 Å². The lowest BCUT2D eigenvalue weighted by atomic mass is 10.1. The van der Waals surface area contributed by atoms with Crippen molar-refractivity contribution in [2.75, 3.05) is 13.2 Å². The fourth-order valence-corrected chi connectivity index (χ4v) is 3.43. The molecule has 1 unspecified atom stereocenters. The Morgan fingerprint density at radius 3 is 3.05 bits per heavy atom. The largest absolute Gasteiger partial charge is 0.396 e. The number of likely N-dealkylation sites (tertiary alicyclic amines) is 1. The monoisotopic (exact) mass is 286 g/mol. The summed E-state index contributed by atoms with van der Waals surface area (Å²) in [7, 11) is 0. The number of benzene rings is 1. The van der Waals surface area contributed by atoms with Crippen LogP contribution in [0.5, 0.6) is 0 Å². The van der Waals surface area contributed by atoms with Crippen LogP contribution in [0.3, 0.4) is 0 Å². The quantitative estimate of drug-likeness (QED) is 0.908. The van der Waals surface area contributed by atoms with Gasteiger partial charge in [-0.05, 0) is 38.7 Å². The third-order valence-electron chi connectivity index (χ3n) is 4.44. The maximum atomic E-state index is 13.0. The Hall–Kier alpha value is -1.81. The van der Waals surface area contributed by atoms with Gasteiger partial charge in [-0.2, -0.15) is 0 Å². The molecule has 0 saturated carbocycles. The van der Waals surface area contributed by atoms with Gasteiger partial charge < -0.3 is 15.0 Å². The van der Waals surface area contributed by atoms with E-state index >= 15 is 0 Å². The SMILES string of the molecule is Cc1[nH]c2ccccc2c1C(=O)N1CCCC1CCCO. The lowest BCUT2D eigenvalue weighted by Crippen LogP contribution is -2.35. The zero-order valence-electron chi connectivity index (χ0n) is 12.4. The summed E-state index contributed by atoms with van der Waals surface area (Å²) in [6, 6.07) is 8.24. The molecule has 1 saturated heterocycles. The Kier molecular flexibility index (Phi) is 3.97. The molecule has 2 heterocycles. The number of carbonyl (C=O) groups excluding carboxylic acids is 1. The second-order valence-electron chi connectivity index (χ2n) is 5.83. The Balaban J connectivity index is 1.91. The number of fused-ring (bicyclic) bond motifs is 1. The van der Waals surface area contributed by atoms with Crippen LogP contribution in [0, 0.1) is 6.92 Å². The van der Waals surface area contributed by atoms with Gasteiger partial charge in [-0.3, -0.25) is 4.79 Å². The number of aromatic amines is 1. The molecule has 112 valence electrons. The maximum absolute atomic E-state index is 13.0. The lowest BCUT2D eigenvalue weighted by molar-refractivity contribution is 0.0726. The van der Waals surface area contributed by atoms with Gasteiger partial charge in [-0.15, -0.1) is 0 Å². The minimum absolute atomic E-state index is 0.130. The standard InChI is InChI=1S/C17H22N2O2/c1-12-16(14-8-2-3-9-15(14)18-12)17(21)19-10-4-6-13(19)7-5-11-20/h2-3,8-9,13,18,20H,4-7,10-11H2,1H3. The first-order valence-corrected chi connectivity index (χ1v) is 7.71. The minimum atomic E-state index is 0.130. The molecule has 3 rings (SSSR count). The molecule has 1 aromatic heterocycles. The van der Waals surface area contributed by atoms with Gasteiger partial charge in [-0.25, -0.2) is 0 Å². The van der Waals surface area contributed by atoms with Gasteiger partial charge in [0.2, 0.25) is 0 Å². The first kappa shape index (κ1) is 14.1. The molecular weight excluding hydrogens is 264 g/mol. The predicted octanol–water partition coefficient (Wildman–Crippen LogP) is 2.85. The number of rotatable bonds is 4. The van der Waals surface area contributed by atoms with E-state index in [0.29, 0.717) is 0 Å². The first-order chi connectivity index (χ1) is 10.2. The van der Waals surface area contributed by atoms with Crippen molar-refractivity contribution in [3.63, 3.8) is 0 Å². The lowest BCUT2D eigenvalue weighted by Gasteiger charge is -2.24. The summed E-state index contributed by atoms with van der Waals surface area (Å²) in [4.78, 5) is 18.3. The second kappa shape index (κ2) is 5.90. The van der Waals surface area contributed by atoms with E-state index in [0.717, 1.165) is 54.4 Å². The predicted molar refractivity (Wildman–Crippen MR) is 83.4 cm³/mol. The number of aliphatic hydroxyl groups excluding tert-OH is 1. The molecule has 1 aliphatic rings. The number of amides is 1. The molecule has 4 nitrogen and oxygen atoms in total. The number of carbonyl (C=O) groups is 1. The van der Waals surface area contributed by atoms with Crippen molar-refractivity contribution >= 4 is 16.8 Å². The maximum Gasteiger partial charge on any atom is 0.256 e. The van der Waals surface area contributed by atoms with Crippen LogP contribution in [0.25, 0.3) is 10.9 Å². The van der Waals surface area contributed by atoms with Gasteiger partial charge in [0.1, 0.15) is 0 Å². The number of para-hydroxylation sites is 1. The third kappa shape index (κ3) is 2.56. The van der Waals surface area contributed by atoms with Crippen molar-refractivity contribution in [3.05, 3.63) is 35.5 Å². The van der Waals surface area contributed by atoms with Crippen molar-refractivity contribution in [1.29, 1.82) is 0 Å². The number of aromatic nitrogens is 1. The zero-order chi connectivity index (χ0) is 14.8. The summed E-state index contributed by atoms with van der Waals surface area (Å²) in [5.41, 5.74) is 2.76. The Morgan fingerprint density at radius 2 is 2.24 bits per heavy atom. The van der Waals surface area contributed by atoms with Gasteiger partial charge in [0.15, 0.2) is 0 Å². The van der Waals surface area contributed by atoms with Gasteiger partial charge >= 0.3 is 0 Å². The molecule has 0 aliphatic carbocycles. The number of hydrogen-bond donors (Lipinski definition) is 2. The Morgan fingerprint density at radius 1 is 1.43 bits per heavy atom. The number of nitrogens with one attached hydrogen (secondary N) is 1. The molecule has 1 aliphatic heterocycles. The summed E-state index contributed by atoms with van der Waals surface area (Å²) < 4.78 is 0. The number of aliphatic hydroxyl groups is 1. The summed E-state index contributed by atoms with van der Waals surface area (Å²) in [6.07, 6.45) is 3.77. The zero-order valence-corrected chi connectivity index (χ0v) is 12.4. The number of nitrogens with zero attached hydrogens (tertiary/aromatic N) is 1. The van der Waals surface area contributed by atoms with Crippen LogP contribution >= 0.6 is 0 Å². The molecule has 1 aromatic carbocycles. The van der Waals surface area contributed by atoms with Crippen LogP contribution in [0.1, 0.15) is 41.7 Å². The van der Waals surface area contributed by atoms with Crippen LogP contribution in [-0.4, -0.2) is 40.1 Å². The average molecular weight is 286 g/mol. The average Bonchev–Trinajstić information content (AvgIpc) is 3.07. The minimum Gasteiger partial charge on any atom is -0.396 e. The molecule has 1 amide bonds. The van der Waals surface area contributed by atoms with Crippen molar-refractivity contribution in [2.24, 2.45) is 0 Å². The molecule has 0 spiro atoms. The molecule has 21 heavy (non-hydrogen) atoms. The molecule has 1 fully saturated rings. The van der Waals surface area contributed by atoms with Crippen molar-refractivity contribution in [2.45, 2.75) is 38.6 Å². The summed E-state index contributed by atoms with van der Waals surface area (Å²) in [5, 5.41) is 10.0.